The smallest absolute Gasteiger partial charge is 0.248 e. The molecule has 0 unspecified atom stereocenters. The molecule has 4 heteroatoms. The molecule has 2 N–H and O–H groups in total. The Balaban J connectivity index is 2.10. The molecule has 0 aromatic heterocycles. The molecule has 0 spiro atoms. The number of amides is 1. The van der Waals surface area contributed by atoms with Crippen LogP contribution in [0, 0.1) is 5.92 Å². The Kier molecular flexibility index (Phi) is 2.95. The van der Waals surface area contributed by atoms with E-state index in [0.29, 0.717) is 17.2 Å². The van der Waals surface area contributed by atoms with Crippen molar-refractivity contribution >= 4 is 21.8 Å². The fourth-order valence-electron chi connectivity index (χ4n) is 1.29. The lowest BCUT2D eigenvalue weighted by Crippen LogP contribution is -2.11. The van der Waals surface area contributed by atoms with Crippen LogP contribution >= 0.6 is 15.9 Å². The summed E-state index contributed by atoms with van der Waals surface area (Å²) in [4.78, 5) is 11.0. The van der Waals surface area contributed by atoms with E-state index in [2.05, 4.69) is 15.9 Å². The number of benzene rings is 1. The van der Waals surface area contributed by atoms with Crippen LogP contribution in [0.5, 0.6) is 5.75 Å². The van der Waals surface area contributed by atoms with Gasteiger partial charge in [0.05, 0.1) is 6.61 Å². The second-order valence-corrected chi connectivity index (χ2v) is 4.71. The molecule has 0 bridgehead atoms. The third-order valence-corrected chi connectivity index (χ3v) is 2.80. The Labute approximate surface area is 96.7 Å². The number of ether oxygens (including phenoxy) is 1. The summed E-state index contributed by atoms with van der Waals surface area (Å²) in [6.45, 7) is 0.731. The summed E-state index contributed by atoms with van der Waals surface area (Å²) in [5.74, 6) is 0.957. The zero-order valence-electron chi connectivity index (χ0n) is 8.20. The maximum Gasteiger partial charge on any atom is 0.248 e. The van der Waals surface area contributed by atoms with Gasteiger partial charge >= 0.3 is 0 Å². The third kappa shape index (κ3) is 2.96. The van der Waals surface area contributed by atoms with Crippen molar-refractivity contribution in [2.24, 2.45) is 11.7 Å². The first kappa shape index (κ1) is 10.5. The molecular weight excluding hydrogens is 258 g/mol. The second kappa shape index (κ2) is 4.23. The second-order valence-electron chi connectivity index (χ2n) is 3.79. The van der Waals surface area contributed by atoms with Crippen LogP contribution < -0.4 is 10.5 Å². The van der Waals surface area contributed by atoms with Crippen LogP contribution in [0.2, 0.25) is 0 Å². The van der Waals surface area contributed by atoms with E-state index >= 15 is 0 Å². The van der Waals surface area contributed by atoms with Gasteiger partial charge in [-0.15, -0.1) is 0 Å². The fourth-order valence-corrected chi connectivity index (χ4v) is 1.76. The van der Waals surface area contributed by atoms with Crippen molar-refractivity contribution in [1.29, 1.82) is 0 Å². The van der Waals surface area contributed by atoms with E-state index in [0.717, 1.165) is 11.1 Å². The Morgan fingerprint density at radius 1 is 1.47 bits per heavy atom. The highest BCUT2D eigenvalue weighted by atomic mass is 79.9. The van der Waals surface area contributed by atoms with E-state index < -0.39 is 5.91 Å². The van der Waals surface area contributed by atoms with Gasteiger partial charge in [0.15, 0.2) is 0 Å². The van der Waals surface area contributed by atoms with Crippen LogP contribution in [0.25, 0.3) is 0 Å². The Morgan fingerprint density at radius 3 is 2.80 bits per heavy atom. The minimum Gasteiger partial charge on any atom is -0.493 e. The number of nitrogens with two attached hydrogens (primary N) is 1. The molecule has 1 aromatic rings. The number of carbonyl (C=O) groups is 1. The lowest BCUT2D eigenvalue weighted by Gasteiger charge is -2.07. The minimum absolute atomic E-state index is 0.437. The Hall–Kier alpha value is -1.03. The van der Waals surface area contributed by atoms with Crippen LogP contribution in [0.3, 0.4) is 0 Å². The lowest BCUT2D eigenvalue weighted by molar-refractivity contribution is 0.0999. The van der Waals surface area contributed by atoms with Crippen molar-refractivity contribution in [3.8, 4) is 5.75 Å². The molecule has 1 saturated carbocycles. The number of rotatable bonds is 4. The highest BCUT2D eigenvalue weighted by Crippen LogP contribution is 2.30. The van der Waals surface area contributed by atoms with Gasteiger partial charge in [-0.25, -0.2) is 0 Å². The molecule has 0 radical (unpaired) electrons. The molecular formula is C11H12BrNO2. The topological polar surface area (TPSA) is 52.3 Å². The standard InChI is InChI=1S/C11H12BrNO2/c12-9-3-8(11(13)14)4-10(5-9)15-6-7-1-2-7/h3-5,7H,1-2,6H2,(H2,13,14). The van der Waals surface area contributed by atoms with Gasteiger partial charge in [0.25, 0.3) is 0 Å². The summed E-state index contributed by atoms with van der Waals surface area (Å²) in [5.41, 5.74) is 5.67. The highest BCUT2D eigenvalue weighted by molar-refractivity contribution is 9.10. The van der Waals surface area contributed by atoms with Crippen molar-refractivity contribution < 1.29 is 9.53 Å². The van der Waals surface area contributed by atoms with E-state index in [1.165, 1.54) is 12.8 Å². The quantitative estimate of drug-likeness (QED) is 0.912. The van der Waals surface area contributed by atoms with Crippen LogP contribution in [-0.4, -0.2) is 12.5 Å². The van der Waals surface area contributed by atoms with E-state index in [1.54, 1.807) is 12.1 Å². The largest absolute Gasteiger partial charge is 0.493 e. The average Bonchev–Trinajstić information content (AvgIpc) is 2.97. The highest BCUT2D eigenvalue weighted by Gasteiger charge is 2.22. The van der Waals surface area contributed by atoms with E-state index in [1.807, 2.05) is 6.07 Å². The predicted molar refractivity (Wildman–Crippen MR) is 60.9 cm³/mol. The van der Waals surface area contributed by atoms with Gasteiger partial charge in [-0.05, 0) is 37.0 Å². The summed E-state index contributed by atoms with van der Waals surface area (Å²) in [5, 5.41) is 0. The number of primary amides is 1. The first-order valence-electron chi connectivity index (χ1n) is 4.88. The van der Waals surface area contributed by atoms with Crippen LogP contribution in [0.4, 0.5) is 0 Å². The summed E-state index contributed by atoms with van der Waals surface area (Å²) in [6, 6.07) is 5.20. The van der Waals surface area contributed by atoms with Gasteiger partial charge in [-0.1, -0.05) is 15.9 Å². The monoisotopic (exact) mass is 269 g/mol. The SMILES string of the molecule is NC(=O)c1cc(Br)cc(OCC2CC2)c1. The average molecular weight is 270 g/mol. The molecule has 0 aliphatic heterocycles. The number of hydrogen-bond donors (Lipinski definition) is 1. The summed E-state index contributed by atoms with van der Waals surface area (Å²) < 4.78 is 6.37. The number of halogens is 1. The van der Waals surface area contributed by atoms with Crippen molar-refractivity contribution in [2.45, 2.75) is 12.8 Å². The van der Waals surface area contributed by atoms with Gasteiger partial charge < -0.3 is 10.5 Å². The molecule has 3 nitrogen and oxygen atoms in total. The zero-order chi connectivity index (χ0) is 10.8. The van der Waals surface area contributed by atoms with E-state index in [9.17, 15) is 4.79 Å². The molecule has 1 amide bonds. The summed E-state index contributed by atoms with van der Waals surface area (Å²) in [7, 11) is 0. The van der Waals surface area contributed by atoms with Crippen LogP contribution in [0.1, 0.15) is 23.2 Å². The van der Waals surface area contributed by atoms with Crippen molar-refractivity contribution in [1.82, 2.24) is 0 Å². The van der Waals surface area contributed by atoms with Crippen molar-refractivity contribution in [3.05, 3.63) is 28.2 Å². The van der Waals surface area contributed by atoms with Gasteiger partial charge in [0, 0.05) is 10.0 Å². The first-order valence-corrected chi connectivity index (χ1v) is 5.67. The predicted octanol–water partition coefficient (Wildman–Crippen LogP) is 2.34. The normalized spacial score (nSPS) is 15.0. The van der Waals surface area contributed by atoms with E-state index in [-0.39, 0.29) is 0 Å². The molecule has 2 rings (SSSR count). The first-order chi connectivity index (χ1) is 7.15. The molecule has 1 aromatic carbocycles. The molecule has 15 heavy (non-hydrogen) atoms. The van der Waals surface area contributed by atoms with Crippen LogP contribution in [0.15, 0.2) is 22.7 Å². The van der Waals surface area contributed by atoms with Gasteiger partial charge in [-0.2, -0.15) is 0 Å². The Bertz CT molecular complexity index is 388. The summed E-state index contributed by atoms with van der Waals surface area (Å²) in [6.07, 6.45) is 2.49. The molecule has 0 heterocycles. The molecule has 0 atom stereocenters. The molecule has 80 valence electrons. The third-order valence-electron chi connectivity index (χ3n) is 2.34. The maximum atomic E-state index is 11.0. The zero-order valence-corrected chi connectivity index (χ0v) is 9.79. The fraction of sp³-hybridized carbons (Fsp3) is 0.364. The maximum absolute atomic E-state index is 11.0. The van der Waals surface area contributed by atoms with Crippen LogP contribution in [-0.2, 0) is 0 Å². The lowest BCUT2D eigenvalue weighted by atomic mass is 10.2. The molecule has 1 aliphatic carbocycles. The van der Waals surface area contributed by atoms with Crippen molar-refractivity contribution in [2.75, 3.05) is 6.61 Å². The molecule has 1 aliphatic rings. The molecule has 1 fully saturated rings. The molecule has 0 saturated heterocycles. The van der Waals surface area contributed by atoms with Gasteiger partial charge in [0.1, 0.15) is 5.75 Å². The number of carbonyl (C=O) groups excluding carboxylic acids is 1. The van der Waals surface area contributed by atoms with E-state index in [4.69, 9.17) is 10.5 Å². The van der Waals surface area contributed by atoms with Gasteiger partial charge in [-0.3, -0.25) is 4.79 Å². The summed E-state index contributed by atoms with van der Waals surface area (Å²) >= 11 is 3.32. The minimum atomic E-state index is -0.437. The van der Waals surface area contributed by atoms with Crippen molar-refractivity contribution in [3.63, 3.8) is 0 Å². The van der Waals surface area contributed by atoms with Gasteiger partial charge in [0.2, 0.25) is 5.91 Å². The Morgan fingerprint density at radius 2 is 2.20 bits per heavy atom. The number of hydrogen-bond acceptors (Lipinski definition) is 2.